The predicted octanol–water partition coefficient (Wildman–Crippen LogP) is 4.08. The van der Waals surface area contributed by atoms with Gasteiger partial charge >= 0.3 is 0 Å². The van der Waals surface area contributed by atoms with E-state index < -0.39 is 12.2 Å². The second-order valence-corrected chi connectivity index (χ2v) is 4.36. The van der Waals surface area contributed by atoms with Crippen LogP contribution >= 0.6 is 34.2 Å². The first-order chi connectivity index (χ1) is 6.43. The Morgan fingerprint density at radius 3 is 2.50 bits per heavy atom. The van der Waals surface area contributed by atoms with Crippen LogP contribution in [0.15, 0.2) is 12.1 Å². The van der Waals surface area contributed by atoms with Crippen molar-refractivity contribution in [1.82, 2.24) is 0 Å². The molecule has 0 bridgehead atoms. The van der Waals surface area contributed by atoms with Crippen LogP contribution in [0.5, 0.6) is 0 Å². The molecular weight excluding hydrogens is 324 g/mol. The Balaban J connectivity index is 3.44. The molecule has 1 aromatic rings. The molecule has 0 fully saturated rings. The lowest BCUT2D eigenvalue weighted by atomic mass is 10.0. The van der Waals surface area contributed by atoms with Crippen LogP contribution in [0.2, 0.25) is 5.02 Å². The molecule has 5 heteroatoms. The Morgan fingerprint density at radius 1 is 1.50 bits per heavy atom. The summed E-state index contributed by atoms with van der Waals surface area (Å²) >= 11 is 7.56. The second-order valence-electron chi connectivity index (χ2n) is 2.71. The molecule has 0 heterocycles. The molecule has 14 heavy (non-hydrogen) atoms. The molecule has 0 atom stereocenters. The maximum Gasteiger partial charge on any atom is 0.265 e. The summed E-state index contributed by atoms with van der Waals surface area (Å²) in [6, 6.07) is 2.83. The summed E-state index contributed by atoms with van der Waals surface area (Å²) in [6.45, 7) is 1.24. The monoisotopic (exact) mass is 330 g/mol. The summed E-state index contributed by atoms with van der Waals surface area (Å²) < 4.78 is 25.8. The number of hydrogen-bond acceptors (Lipinski definition) is 1. The minimum absolute atomic E-state index is 0.00287. The van der Waals surface area contributed by atoms with Crippen molar-refractivity contribution >= 4 is 40.0 Å². The predicted molar refractivity (Wildman–Crippen MR) is 59.1 cm³/mol. The summed E-state index contributed by atoms with van der Waals surface area (Å²) in [6.07, 6.45) is -2.72. The Morgan fingerprint density at radius 2 is 2.07 bits per heavy atom. The second kappa shape index (κ2) is 4.53. The van der Waals surface area contributed by atoms with E-state index in [0.717, 1.165) is 0 Å². The van der Waals surface area contributed by atoms with Crippen molar-refractivity contribution in [3.63, 3.8) is 0 Å². The van der Waals surface area contributed by atoms with Crippen LogP contribution in [0.4, 0.5) is 8.78 Å². The highest BCUT2D eigenvalue weighted by atomic mass is 127. The first-order valence-electron chi connectivity index (χ1n) is 3.71. The molecule has 0 saturated carbocycles. The minimum Gasteiger partial charge on any atom is -0.294 e. The van der Waals surface area contributed by atoms with Gasteiger partial charge in [0.1, 0.15) is 0 Å². The van der Waals surface area contributed by atoms with Crippen LogP contribution in [0.1, 0.15) is 29.3 Å². The normalized spacial score (nSPS) is 10.7. The van der Waals surface area contributed by atoms with Crippen molar-refractivity contribution in [2.24, 2.45) is 0 Å². The molecule has 0 unspecified atom stereocenters. The number of benzene rings is 1. The third kappa shape index (κ3) is 2.42. The summed E-state index contributed by atoms with van der Waals surface area (Å²) in [7, 11) is 0. The van der Waals surface area contributed by atoms with Gasteiger partial charge in [-0.2, -0.15) is 0 Å². The van der Waals surface area contributed by atoms with E-state index in [4.69, 9.17) is 11.6 Å². The molecule has 76 valence electrons. The van der Waals surface area contributed by atoms with Crippen molar-refractivity contribution in [2.45, 2.75) is 13.3 Å². The van der Waals surface area contributed by atoms with Gasteiger partial charge in [0.15, 0.2) is 5.78 Å². The smallest absolute Gasteiger partial charge is 0.265 e. The number of carbonyl (C=O) groups is 1. The number of carbonyl (C=O) groups excluding carboxylic acids is 1. The van der Waals surface area contributed by atoms with E-state index in [2.05, 4.69) is 0 Å². The third-order valence-electron chi connectivity index (χ3n) is 1.69. The highest BCUT2D eigenvalue weighted by Crippen LogP contribution is 2.32. The number of rotatable bonds is 2. The van der Waals surface area contributed by atoms with E-state index >= 15 is 0 Å². The van der Waals surface area contributed by atoms with Gasteiger partial charge in [0.05, 0.1) is 5.02 Å². The lowest BCUT2D eigenvalue weighted by molar-refractivity contribution is 0.0999. The van der Waals surface area contributed by atoms with Crippen molar-refractivity contribution in [1.29, 1.82) is 0 Å². The standard InChI is InChI=1S/C9H6ClF2IO/c1-4(14)6-2-5(13)3-7(10)8(6)9(11)12/h2-3,9H,1H3. The van der Waals surface area contributed by atoms with Crippen molar-refractivity contribution < 1.29 is 13.6 Å². The van der Waals surface area contributed by atoms with E-state index in [1.165, 1.54) is 19.1 Å². The first kappa shape index (κ1) is 11.8. The average molecular weight is 330 g/mol. The van der Waals surface area contributed by atoms with Crippen molar-refractivity contribution in [3.8, 4) is 0 Å². The van der Waals surface area contributed by atoms with E-state index in [-0.39, 0.29) is 16.1 Å². The Kier molecular flexibility index (Phi) is 3.83. The highest BCUT2D eigenvalue weighted by molar-refractivity contribution is 14.1. The van der Waals surface area contributed by atoms with Crippen LogP contribution < -0.4 is 0 Å². The summed E-state index contributed by atoms with van der Waals surface area (Å²) in [4.78, 5) is 11.1. The molecular formula is C9H6ClF2IO. The number of Topliss-reactive ketones (excluding diaryl/α,β-unsaturated/α-hetero) is 1. The minimum atomic E-state index is -2.72. The molecule has 0 aromatic heterocycles. The maximum atomic E-state index is 12.5. The van der Waals surface area contributed by atoms with Crippen LogP contribution in [-0.4, -0.2) is 5.78 Å². The molecule has 0 radical (unpaired) electrons. The maximum absolute atomic E-state index is 12.5. The van der Waals surface area contributed by atoms with Gasteiger partial charge in [0.25, 0.3) is 6.43 Å². The van der Waals surface area contributed by atoms with Crippen molar-refractivity contribution in [2.75, 3.05) is 0 Å². The zero-order valence-corrected chi connectivity index (χ0v) is 10.1. The van der Waals surface area contributed by atoms with E-state index in [0.29, 0.717) is 3.57 Å². The summed E-state index contributed by atoms with van der Waals surface area (Å²) in [5.74, 6) is -0.402. The molecule has 1 rings (SSSR count). The van der Waals surface area contributed by atoms with Gasteiger partial charge in [0.2, 0.25) is 0 Å². The van der Waals surface area contributed by atoms with Gasteiger partial charge in [-0.15, -0.1) is 0 Å². The van der Waals surface area contributed by atoms with Gasteiger partial charge in [-0.1, -0.05) is 11.6 Å². The van der Waals surface area contributed by atoms with E-state index in [1.807, 2.05) is 22.6 Å². The number of alkyl halides is 2. The topological polar surface area (TPSA) is 17.1 Å². The fraction of sp³-hybridized carbons (Fsp3) is 0.222. The fourth-order valence-electron chi connectivity index (χ4n) is 1.10. The van der Waals surface area contributed by atoms with Gasteiger partial charge < -0.3 is 0 Å². The molecule has 0 N–H and O–H groups in total. The zero-order valence-electron chi connectivity index (χ0n) is 7.15. The van der Waals surface area contributed by atoms with E-state index in [9.17, 15) is 13.6 Å². The lowest BCUT2D eigenvalue weighted by Gasteiger charge is -2.08. The molecule has 0 aliphatic rings. The van der Waals surface area contributed by atoms with Crippen LogP contribution in [0, 0.1) is 3.57 Å². The molecule has 1 nitrogen and oxygen atoms in total. The molecule has 0 aliphatic heterocycles. The van der Waals surface area contributed by atoms with Gasteiger partial charge in [-0.25, -0.2) is 8.78 Å². The summed E-state index contributed by atoms with van der Waals surface area (Å²) in [5, 5.41) is -0.0582. The quantitative estimate of drug-likeness (QED) is 0.590. The number of hydrogen-bond donors (Lipinski definition) is 0. The number of halogens is 4. The third-order valence-corrected chi connectivity index (χ3v) is 2.63. The van der Waals surface area contributed by atoms with Gasteiger partial charge in [-0.3, -0.25) is 4.79 Å². The van der Waals surface area contributed by atoms with Gasteiger partial charge in [0, 0.05) is 14.7 Å². The SMILES string of the molecule is CC(=O)c1cc(I)cc(Cl)c1C(F)F. The summed E-state index contributed by atoms with van der Waals surface area (Å²) in [5.41, 5.74) is -0.378. The molecule has 0 saturated heterocycles. The first-order valence-corrected chi connectivity index (χ1v) is 5.17. The van der Waals surface area contributed by atoms with Crippen LogP contribution in [-0.2, 0) is 0 Å². The largest absolute Gasteiger partial charge is 0.294 e. The Hall–Kier alpha value is -0.230. The van der Waals surface area contributed by atoms with Crippen LogP contribution in [0.3, 0.4) is 0 Å². The lowest BCUT2D eigenvalue weighted by Crippen LogP contribution is -2.02. The molecule has 1 aromatic carbocycles. The number of ketones is 1. The fourth-order valence-corrected chi connectivity index (χ4v) is 2.21. The Labute approximate surface area is 98.6 Å². The highest BCUT2D eigenvalue weighted by Gasteiger charge is 2.20. The zero-order chi connectivity index (χ0) is 10.9. The van der Waals surface area contributed by atoms with E-state index in [1.54, 1.807) is 0 Å². The van der Waals surface area contributed by atoms with Crippen molar-refractivity contribution in [3.05, 3.63) is 31.9 Å². The molecule has 0 amide bonds. The molecule has 0 aliphatic carbocycles. The van der Waals surface area contributed by atoms with Gasteiger partial charge in [-0.05, 0) is 41.6 Å². The van der Waals surface area contributed by atoms with Crippen LogP contribution in [0.25, 0.3) is 0 Å². The molecule has 0 spiro atoms. The Bertz CT molecular complexity index is 379. The average Bonchev–Trinajstić information content (AvgIpc) is 2.01.